The van der Waals surface area contributed by atoms with Crippen molar-refractivity contribution in [2.75, 3.05) is 19.0 Å². The number of aliphatic hydroxyl groups excluding tert-OH is 3. The summed E-state index contributed by atoms with van der Waals surface area (Å²) >= 11 is 0. The Bertz CT molecular complexity index is 1220. The molecule has 0 radical (unpaired) electrons. The van der Waals surface area contributed by atoms with E-state index in [9.17, 15) is 37.9 Å². The van der Waals surface area contributed by atoms with Crippen LogP contribution in [0.15, 0.2) is 24.3 Å². The summed E-state index contributed by atoms with van der Waals surface area (Å²) in [5.41, 5.74) is 0. The number of ether oxygens (including phenoxy) is 4. The molecule has 0 aliphatic carbocycles. The molecular weight excluding hydrogens is 801 g/mol. The molecule has 1 heterocycles. The molecule has 6 unspecified atom stereocenters. The Balaban J connectivity index is 2.39. The van der Waals surface area contributed by atoms with Crippen LogP contribution in [-0.4, -0.2) is 96.0 Å². The average Bonchev–Trinajstić information content (AvgIpc) is 3.22. The predicted octanol–water partition coefficient (Wildman–Crippen LogP) is 10.4. The molecule has 6 atom stereocenters. The molecule has 1 aliphatic heterocycles. The average molecular weight is 889 g/mol. The van der Waals surface area contributed by atoms with Gasteiger partial charge in [0.1, 0.15) is 36.8 Å². The highest BCUT2D eigenvalue weighted by molar-refractivity contribution is 7.85. The zero-order valence-electron chi connectivity index (χ0n) is 38.3. The molecule has 0 aromatic rings. The Morgan fingerprint density at radius 3 is 1.49 bits per heavy atom. The molecule has 0 spiro atoms. The van der Waals surface area contributed by atoms with Crippen LogP contribution in [0, 0.1) is 0 Å². The van der Waals surface area contributed by atoms with Gasteiger partial charge in [0.2, 0.25) is 0 Å². The molecule has 1 aliphatic rings. The summed E-state index contributed by atoms with van der Waals surface area (Å²) in [6, 6.07) is 0. The molecule has 1 rings (SSSR count). The Labute approximate surface area is 370 Å². The molecule has 4 N–H and O–H groups in total. The lowest BCUT2D eigenvalue weighted by atomic mass is 10.00. The highest BCUT2D eigenvalue weighted by Crippen LogP contribution is 2.24. The third kappa shape index (κ3) is 33.3. The number of rotatable bonds is 41. The Hall–Kier alpha value is -1.87. The first-order valence-corrected chi connectivity index (χ1v) is 26.0. The third-order valence-corrected chi connectivity index (χ3v) is 12.0. The fourth-order valence-corrected chi connectivity index (χ4v) is 8.15. The first kappa shape index (κ1) is 57.1. The van der Waals surface area contributed by atoms with Crippen molar-refractivity contribution in [1.82, 2.24) is 0 Å². The molecule has 0 aromatic heterocycles. The van der Waals surface area contributed by atoms with Crippen molar-refractivity contribution in [2.24, 2.45) is 0 Å². The van der Waals surface area contributed by atoms with Crippen LogP contribution in [0.25, 0.3) is 0 Å². The van der Waals surface area contributed by atoms with Gasteiger partial charge in [0.25, 0.3) is 10.1 Å². The van der Waals surface area contributed by atoms with Crippen molar-refractivity contribution in [3.8, 4) is 0 Å². The smallest absolute Gasteiger partial charge is 0.306 e. The van der Waals surface area contributed by atoms with Crippen LogP contribution in [0.5, 0.6) is 0 Å². The number of hydrogen-bond acceptors (Lipinski definition) is 11. The largest absolute Gasteiger partial charge is 0.462 e. The lowest BCUT2D eigenvalue weighted by Crippen LogP contribution is -2.60. The number of unbranched alkanes of at least 4 members (excludes halogenated alkanes) is 25. The van der Waals surface area contributed by atoms with Crippen LogP contribution >= 0.6 is 0 Å². The van der Waals surface area contributed by atoms with Crippen molar-refractivity contribution < 1.29 is 56.8 Å². The number of carbonyl (C=O) groups excluding carboxylic acids is 2. The van der Waals surface area contributed by atoms with E-state index in [1.807, 2.05) is 0 Å². The molecule has 1 fully saturated rings. The van der Waals surface area contributed by atoms with E-state index in [0.717, 1.165) is 64.2 Å². The molecule has 0 saturated carbocycles. The fraction of sp³-hybridized carbons (Fsp3) is 0.875. The van der Waals surface area contributed by atoms with Crippen LogP contribution < -0.4 is 0 Å². The van der Waals surface area contributed by atoms with Crippen LogP contribution in [0.3, 0.4) is 0 Å². The molecule has 358 valence electrons. The van der Waals surface area contributed by atoms with E-state index in [1.54, 1.807) is 0 Å². The summed E-state index contributed by atoms with van der Waals surface area (Å²) in [5, 5.41) is 30.9. The van der Waals surface area contributed by atoms with Gasteiger partial charge in [-0.1, -0.05) is 186 Å². The van der Waals surface area contributed by atoms with Gasteiger partial charge >= 0.3 is 11.9 Å². The van der Waals surface area contributed by atoms with Crippen LogP contribution in [0.2, 0.25) is 0 Å². The zero-order chi connectivity index (χ0) is 44.8. The number of esters is 2. The van der Waals surface area contributed by atoms with Crippen molar-refractivity contribution >= 4 is 22.1 Å². The summed E-state index contributed by atoms with van der Waals surface area (Å²) in [6.45, 7) is 3.73. The van der Waals surface area contributed by atoms with E-state index >= 15 is 0 Å². The number of hydrogen-bond donors (Lipinski definition) is 4. The minimum absolute atomic E-state index is 0.151. The molecule has 0 bridgehead atoms. The minimum Gasteiger partial charge on any atom is -0.462 e. The number of carbonyl (C=O) groups is 2. The van der Waals surface area contributed by atoms with E-state index in [4.69, 9.17) is 18.9 Å². The van der Waals surface area contributed by atoms with E-state index < -0.39 is 71.2 Å². The van der Waals surface area contributed by atoms with Gasteiger partial charge in [-0.2, -0.15) is 8.42 Å². The van der Waals surface area contributed by atoms with Crippen molar-refractivity contribution in [1.29, 1.82) is 0 Å². The quantitative estimate of drug-likeness (QED) is 0.0197. The summed E-state index contributed by atoms with van der Waals surface area (Å²) in [7, 11) is -4.60. The van der Waals surface area contributed by atoms with Crippen molar-refractivity contribution in [3.63, 3.8) is 0 Å². The summed E-state index contributed by atoms with van der Waals surface area (Å²) in [5.74, 6) is -1.99. The summed E-state index contributed by atoms with van der Waals surface area (Å²) in [6.07, 6.45) is 33.6. The summed E-state index contributed by atoms with van der Waals surface area (Å²) < 4.78 is 54.1. The maximum Gasteiger partial charge on any atom is 0.306 e. The van der Waals surface area contributed by atoms with Gasteiger partial charge in [-0.25, -0.2) is 0 Å². The van der Waals surface area contributed by atoms with E-state index in [-0.39, 0.29) is 19.4 Å². The van der Waals surface area contributed by atoms with Crippen LogP contribution in [-0.2, 0) is 38.7 Å². The second-order valence-corrected chi connectivity index (χ2v) is 18.6. The third-order valence-electron chi connectivity index (χ3n) is 11.3. The van der Waals surface area contributed by atoms with Gasteiger partial charge in [0.05, 0.1) is 6.61 Å². The Kier molecular flexibility index (Phi) is 36.1. The molecule has 61 heavy (non-hydrogen) atoms. The molecule has 0 amide bonds. The van der Waals surface area contributed by atoms with Gasteiger partial charge in [-0.3, -0.25) is 14.1 Å². The lowest BCUT2D eigenvalue weighted by molar-refractivity contribution is -0.297. The summed E-state index contributed by atoms with van der Waals surface area (Å²) in [4.78, 5) is 25.4. The predicted molar refractivity (Wildman–Crippen MR) is 243 cm³/mol. The second kappa shape index (κ2) is 38.6. The minimum atomic E-state index is -4.60. The molecule has 12 nitrogen and oxygen atoms in total. The van der Waals surface area contributed by atoms with Crippen LogP contribution in [0.4, 0.5) is 0 Å². The zero-order valence-corrected chi connectivity index (χ0v) is 39.1. The van der Waals surface area contributed by atoms with Gasteiger partial charge in [0, 0.05) is 12.8 Å². The normalized spacial score (nSPS) is 20.1. The Morgan fingerprint density at radius 1 is 0.557 bits per heavy atom. The van der Waals surface area contributed by atoms with Gasteiger partial charge < -0.3 is 34.3 Å². The lowest BCUT2D eigenvalue weighted by Gasteiger charge is -2.40. The van der Waals surface area contributed by atoms with Crippen LogP contribution in [0.1, 0.15) is 213 Å². The monoisotopic (exact) mass is 889 g/mol. The second-order valence-electron chi connectivity index (χ2n) is 17.1. The Morgan fingerprint density at radius 2 is 1.00 bits per heavy atom. The highest BCUT2D eigenvalue weighted by Gasteiger charge is 2.46. The first-order valence-electron chi connectivity index (χ1n) is 24.4. The van der Waals surface area contributed by atoms with Gasteiger partial charge in [-0.05, 0) is 38.5 Å². The standard InChI is InChI=1S/C48H88O12S/c1-3-5-7-9-11-13-15-17-19-20-21-22-23-25-26-28-30-32-34-36-43(49)57-38-41(39-58-48-47(53)46(52)45(51)42(60-48)40-61(54,55)56)59-44(50)37-35-33-31-29-27-24-18-16-14-12-10-8-6-4-2/h10,12,16,18,41-42,45-48,51-53H,3-9,11,13-15,17,19-40H2,1-2H3,(H,54,55,56)/b12-10-,18-16-. The molecule has 13 heteroatoms. The van der Waals surface area contributed by atoms with Gasteiger partial charge in [0.15, 0.2) is 12.4 Å². The topological polar surface area (TPSA) is 186 Å². The molecular formula is C48H88O12S. The van der Waals surface area contributed by atoms with E-state index in [0.29, 0.717) is 12.8 Å². The maximum atomic E-state index is 12.8. The van der Waals surface area contributed by atoms with E-state index in [2.05, 4.69) is 38.2 Å². The van der Waals surface area contributed by atoms with Gasteiger partial charge in [-0.15, -0.1) is 0 Å². The van der Waals surface area contributed by atoms with Crippen molar-refractivity contribution in [3.05, 3.63) is 24.3 Å². The number of aliphatic hydroxyl groups is 3. The van der Waals surface area contributed by atoms with E-state index in [1.165, 1.54) is 109 Å². The molecule has 1 saturated heterocycles. The fourth-order valence-electron chi connectivity index (χ4n) is 7.46. The first-order chi connectivity index (χ1) is 29.5. The number of allylic oxidation sites excluding steroid dienone is 4. The molecule has 0 aromatic carbocycles. The maximum absolute atomic E-state index is 12.8. The van der Waals surface area contributed by atoms with Crippen molar-refractivity contribution in [2.45, 2.75) is 250 Å². The SMILES string of the molecule is CCCC/C=C\C/C=C\CCCCCCCC(=O)OC(COC(=O)CCCCCCCCCCCCCCCCCCCCC)COC1OC(CS(=O)(=O)O)C(O)C(O)C1O. The highest BCUT2D eigenvalue weighted by atomic mass is 32.2.